The van der Waals surface area contributed by atoms with Crippen molar-refractivity contribution in [2.24, 2.45) is 11.1 Å². The van der Waals surface area contributed by atoms with Crippen molar-refractivity contribution in [1.82, 2.24) is 5.32 Å². The zero-order valence-electron chi connectivity index (χ0n) is 16.7. The molecule has 0 radical (unpaired) electrons. The van der Waals surface area contributed by atoms with Gasteiger partial charge in [-0.05, 0) is 45.4 Å². The number of amides is 1. The number of rotatable bonds is 7. The molecule has 0 aliphatic heterocycles. The van der Waals surface area contributed by atoms with E-state index in [2.05, 4.69) is 5.32 Å². The van der Waals surface area contributed by atoms with Gasteiger partial charge in [0.25, 0.3) is 0 Å². The summed E-state index contributed by atoms with van der Waals surface area (Å²) in [6.07, 6.45) is 0.711. The first-order chi connectivity index (χ1) is 11.6. The lowest BCUT2D eigenvalue weighted by Crippen LogP contribution is -2.75. The van der Waals surface area contributed by atoms with Crippen molar-refractivity contribution in [2.45, 2.75) is 71.8 Å². The predicted octanol–water partition coefficient (Wildman–Crippen LogP) is 3.61. The second-order valence-electron chi connectivity index (χ2n) is 7.77. The van der Waals surface area contributed by atoms with Gasteiger partial charge in [-0.25, -0.2) is 0 Å². The van der Waals surface area contributed by atoms with Crippen molar-refractivity contribution in [2.75, 3.05) is 6.61 Å². The van der Waals surface area contributed by atoms with Crippen LogP contribution in [0.25, 0.3) is 0 Å². The van der Waals surface area contributed by atoms with Gasteiger partial charge in [-0.3, -0.25) is 4.79 Å². The lowest BCUT2D eigenvalue weighted by atomic mass is 9.54. The normalized spacial score (nSPS) is 25.0. The van der Waals surface area contributed by atoms with Gasteiger partial charge in [0.05, 0.1) is 18.2 Å². The van der Waals surface area contributed by atoms with Crippen LogP contribution in [0.1, 0.15) is 59.6 Å². The number of carbonyl (C=O) groups is 1. The molecule has 0 aromatic heterocycles. The molecule has 3 unspecified atom stereocenters. The minimum absolute atomic E-state index is 0. The van der Waals surface area contributed by atoms with E-state index in [0.717, 1.165) is 11.3 Å². The summed E-state index contributed by atoms with van der Waals surface area (Å²) in [5.74, 6) is 0.704. The Hall–Kier alpha value is -1.30. The Labute approximate surface area is 163 Å². The SMILES string of the molecule is CCOC1CC(N)(C(=O)NC(C)c2ccc(OC(C)C)cc2)C1(C)C.Cl. The van der Waals surface area contributed by atoms with Crippen molar-refractivity contribution in [3.05, 3.63) is 29.8 Å². The van der Waals surface area contributed by atoms with Crippen molar-refractivity contribution >= 4 is 18.3 Å². The number of hydrogen-bond donors (Lipinski definition) is 2. The van der Waals surface area contributed by atoms with Crippen molar-refractivity contribution in [3.8, 4) is 5.75 Å². The second kappa shape index (κ2) is 8.59. The Balaban J connectivity index is 0.00000338. The molecule has 0 heterocycles. The summed E-state index contributed by atoms with van der Waals surface area (Å²) in [4.78, 5) is 12.8. The van der Waals surface area contributed by atoms with Crippen molar-refractivity contribution < 1.29 is 14.3 Å². The maximum absolute atomic E-state index is 12.8. The number of carbonyl (C=O) groups excluding carboxylic acids is 1. The monoisotopic (exact) mass is 384 g/mol. The molecule has 5 nitrogen and oxygen atoms in total. The molecule has 6 heteroatoms. The van der Waals surface area contributed by atoms with Crippen LogP contribution in [0.2, 0.25) is 0 Å². The quantitative estimate of drug-likeness (QED) is 0.753. The molecule has 3 N–H and O–H groups in total. The molecular weight excluding hydrogens is 352 g/mol. The van der Waals surface area contributed by atoms with E-state index in [1.807, 2.05) is 65.8 Å². The number of hydrogen-bond acceptors (Lipinski definition) is 4. The molecule has 1 fully saturated rings. The third kappa shape index (κ3) is 4.33. The summed E-state index contributed by atoms with van der Waals surface area (Å²) in [6, 6.07) is 7.67. The smallest absolute Gasteiger partial charge is 0.241 e. The molecule has 3 atom stereocenters. The molecule has 1 aliphatic rings. The van der Waals surface area contributed by atoms with Gasteiger partial charge >= 0.3 is 0 Å². The van der Waals surface area contributed by atoms with Gasteiger partial charge in [0.15, 0.2) is 0 Å². The highest BCUT2D eigenvalue weighted by atomic mass is 35.5. The Kier molecular flexibility index (Phi) is 7.52. The summed E-state index contributed by atoms with van der Waals surface area (Å²) in [6.45, 7) is 12.5. The molecule has 1 aromatic carbocycles. The summed E-state index contributed by atoms with van der Waals surface area (Å²) < 4.78 is 11.4. The fourth-order valence-electron chi connectivity index (χ4n) is 3.34. The largest absolute Gasteiger partial charge is 0.491 e. The molecule has 1 aromatic rings. The minimum atomic E-state index is -0.901. The first-order valence-electron chi connectivity index (χ1n) is 9.10. The Morgan fingerprint density at radius 1 is 1.27 bits per heavy atom. The average molecular weight is 385 g/mol. The van der Waals surface area contributed by atoms with Gasteiger partial charge in [0, 0.05) is 18.4 Å². The van der Waals surface area contributed by atoms with E-state index in [1.165, 1.54) is 0 Å². The van der Waals surface area contributed by atoms with Gasteiger partial charge in [-0.1, -0.05) is 26.0 Å². The van der Waals surface area contributed by atoms with Crippen LogP contribution in [0.5, 0.6) is 5.75 Å². The Morgan fingerprint density at radius 3 is 2.31 bits per heavy atom. The van der Waals surface area contributed by atoms with Crippen LogP contribution in [0.3, 0.4) is 0 Å². The summed E-state index contributed by atoms with van der Waals surface area (Å²) in [5, 5.41) is 3.06. The number of halogens is 1. The van der Waals surface area contributed by atoms with E-state index < -0.39 is 5.54 Å². The zero-order chi connectivity index (χ0) is 18.8. The fourth-order valence-corrected chi connectivity index (χ4v) is 3.34. The van der Waals surface area contributed by atoms with E-state index in [4.69, 9.17) is 15.2 Å². The topological polar surface area (TPSA) is 73.6 Å². The first-order valence-corrected chi connectivity index (χ1v) is 9.10. The molecule has 1 aliphatic carbocycles. The highest BCUT2D eigenvalue weighted by Crippen LogP contribution is 2.50. The molecule has 148 valence electrons. The van der Waals surface area contributed by atoms with E-state index in [1.54, 1.807) is 0 Å². The molecule has 0 bridgehead atoms. The van der Waals surface area contributed by atoms with Crippen LogP contribution >= 0.6 is 12.4 Å². The lowest BCUT2D eigenvalue weighted by Gasteiger charge is -2.57. The highest BCUT2D eigenvalue weighted by molar-refractivity contribution is 5.89. The van der Waals surface area contributed by atoms with Crippen LogP contribution in [0.15, 0.2) is 24.3 Å². The van der Waals surface area contributed by atoms with Gasteiger partial charge in [0.1, 0.15) is 11.3 Å². The third-order valence-corrected chi connectivity index (χ3v) is 5.33. The summed E-state index contributed by atoms with van der Waals surface area (Å²) in [5.41, 5.74) is 6.17. The average Bonchev–Trinajstić information content (AvgIpc) is 2.54. The van der Waals surface area contributed by atoms with Crippen LogP contribution in [0, 0.1) is 5.41 Å². The number of benzene rings is 1. The maximum Gasteiger partial charge on any atom is 0.241 e. The van der Waals surface area contributed by atoms with Crippen LogP contribution in [-0.2, 0) is 9.53 Å². The standard InChI is InChI=1S/C20H32N2O3.ClH/c1-7-24-17-12-20(21,19(17,5)6)18(23)22-14(4)15-8-10-16(11-9-15)25-13(2)3;/h8-11,13-14,17H,7,12,21H2,1-6H3,(H,22,23);1H. The number of nitrogens with two attached hydrogens (primary N) is 1. The molecular formula is C20H33ClN2O3. The molecule has 26 heavy (non-hydrogen) atoms. The van der Waals surface area contributed by atoms with Gasteiger partial charge in [0.2, 0.25) is 5.91 Å². The van der Waals surface area contributed by atoms with Crippen LogP contribution < -0.4 is 15.8 Å². The first kappa shape index (κ1) is 22.7. The molecule has 2 rings (SSSR count). The van der Waals surface area contributed by atoms with E-state index in [-0.39, 0.29) is 42.0 Å². The maximum atomic E-state index is 12.8. The van der Waals surface area contributed by atoms with Crippen molar-refractivity contribution in [1.29, 1.82) is 0 Å². The highest BCUT2D eigenvalue weighted by Gasteiger charge is 2.62. The van der Waals surface area contributed by atoms with Gasteiger partial charge in [-0.15, -0.1) is 12.4 Å². The zero-order valence-corrected chi connectivity index (χ0v) is 17.5. The third-order valence-electron chi connectivity index (χ3n) is 5.33. The van der Waals surface area contributed by atoms with Crippen molar-refractivity contribution in [3.63, 3.8) is 0 Å². The van der Waals surface area contributed by atoms with Crippen LogP contribution in [0.4, 0.5) is 0 Å². The predicted molar refractivity (Wildman–Crippen MR) is 107 cm³/mol. The Bertz CT molecular complexity index is 604. The molecule has 1 amide bonds. The minimum Gasteiger partial charge on any atom is -0.491 e. The molecule has 0 saturated heterocycles. The number of nitrogens with one attached hydrogen (secondary N) is 1. The summed E-state index contributed by atoms with van der Waals surface area (Å²) in [7, 11) is 0. The summed E-state index contributed by atoms with van der Waals surface area (Å²) >= 11 is 0. The van der Waals surface area contributed by atoms with Gasteiger partial charge < -0.3 is 20.5 Å². The molecule has 0 spiro atoms. The van der Waals surface area contributed by atoms with E-state index in [0.29, 0.717) is 13.0 Å². The molecule has 1 saturated carbocycles. The lowest BCUT2D eigenvalue weighted by molar-refractivity contribution is -0.171. The van der Waals surface area contributed by atoms with E-state index in [9.17, 15) is 4.79 Å². The van der Waals surface area contributed by atoms with E-state index >= 15 is 0 Å². The van der Waals surface area contributed by atoms with Gasteiger partial charge in [-0.2, -0.15) is 0 Å². The van der Waals surface area contributed by atoms with Crippen LogP contribution in [-0.4, -0.2) is 30.3 Å². The second-order valence-corrected chi connectivity index (χ2v) is 7.77. The number of ether oxygens (including phenoxy) is 2. The Morgan fingerprint density at radius 2 is 1.85 bits per heavy atom. The fraction of sp³-hybridized carbons (Fsp3) is 0.650.